The van der Waals surface area contributed by atoms with E-state index >= 15 is 0 Å². The molecule has 1 atom stereocenters. The third-order valence-electron chi connectivity index (χ3n) is 2.90. The number of thiophene rings is 1. The molecular weight excluding hydrogens is 208 g/mol. The highest BCUT2D eigenvalue weighted by molar-refractivity contribution is 7.10. The van der Waals surface area contributed by atoms with Crippen molar-refractivity contribution >= 4 is 17.3 Å². The van der Waals surface area contributed by atoms with E-state index in [4.69, 9.17) is 4.74 Å². The topological polar surface area (TPSA) is 26.3 Å². The van der Waals surface area contributed by atoms with Gasteiger partial charge in [0, 0.05) is 10.3 Å². The number of ether oxygens (including phenoxy) is 1. The van der Waals surface area contributed by atoms with Gasteiger partial charge in [-0.1, -0.05) is 6.92 Å². The lowest BCUT2D eigenvalue weighted by Gasteiger charge is -2.18. The van der Waals surface area contributed by atoms with Crippen molar-refractivity contribution in [3.63, 3.8) is 0 Å². The van der Waals surface area contributed by atoms with Crippen molar-refractivity contribution in [1.82, 2.24) is 0 Å². The fourth-order valence-corrected chi connectivity index (χ4v) is 3.29. The molecule has 0 saturated carbocycles. The Balaban J connectivity index is 2.24. The Hall–Kier alpha value is -0.830. The number of hydrogen-bond donors (Lipinski definition) is 0. The number of hydrogen-bond acceptors (Lipinski definition) is 3. The number of carbonyl (C=O) groups excluding carboxylic acids is 1. The summed E-state index contributed by atoms with van der Waals surface area (Å²) < 4.78 is 5.05. The van der Waals surface area contributed by atoms with Crippen molar-refractivity contribution < 1.29 is 9.53 Å². The normalized spacial score (nSPS) is 19.7. The highest BCUT2D eigenvalue weighted by Crippen LogP contribution is 2.33. The monoisotopic (exact) mass is 224 g/mol. The maximum Gasteiger partial charge on any atom is 0.339 e. The van der Waals surface area contributed by atoms with Gasteiger partial charge in [0.05, 0.1) is 12.2 Å². The maximum atomic E-state index is 11.6. The predicted molar refractivity (Wildman–Crippen MR) is 61.5 cm³/mol. The Bertz CT molecular complexity index is 368. The Morgan fingerprint density at radius 2 is 2.47 bits per heavy atom. The van der Waals surface area contributed by atoms with Crippen molar-refractivity contribution in [3.05, 3.63) is 21.4 Å². The molecule has 0 spiro atoms. The van der Waals surface area contributed by atoms with Crippen LogP contribution in [0.3, 0.4) is 0 Å². The summed E-state index contributed by atoms with van der Waals surface area (Å²) in [7, 11) is 0. The van der Waals surface area contributed by atoms with Crippen LogP contribution in [0.5, 0.6) is 0 Å². The van der Waals surface area contributed by atoms with Crippen molar-refractivity contribution in [3.8, 4) is 0 Å². The van der Waals surface area contributed by atoms with Gasteiger partial charge in [0.2, 0.25) is 0 Å². The number of carbonyl (C=O) groups is 1. The van der Waals surface area contributed by atoms with Gasteiger partial charge < -0.3 is 4.74 Å². The zero-order chi connectivity index (χ0) is 10.8. The summed E-state index contributed by atoms with van der Waals surface area (Å²) in [5.74, 6) is 0.607. The molecule has 0 amide bonds. The van der Waals surface area contributed by atoms with E-state index in [0.717, 1.165) is 24.3 Å². The Kier molecular flexibility index (Phi) is 3.10. The summed E-state index contributed by atoms with van der Waals surface area (Å²) in [4.78, 5) is 13.0. The first-order valence-electron chi connectivity index (χ1n) is 5.48. The molecule has 0 radical (unpaired) electrons. The molecule has 0 N–H and O–H groups in total. The molecule has 1 heterocycles. The second-order valence-electron chi connectivity index (χ2n) is 4.12. The summed E-state index contributed by atoms with van der Waals surface area (Å²) in [6.45, 7) is 4.57. The molecular formula is C12H16O2S. The van der Waals surface area contributed by atoms with Crippen LogP contribution in [0, 0.1) is 5.92 Å². The van der Waals surface area contributed by atoms with E-state index in [2.05, 4.69) is 6.92 Å². The molecule has 0 bridgehead atoms. The molecule has 3 heteroatoms. The summed E-state index contributed by atoms with van der Waals surface area (Å²) in [5.41, 5.74) is 2.06. The molecule has 2 nitrogen and oxygen atoms in total. The molecule has 1 aromatic rings. The quantitative estimate of drug-likeness (QED) is 0.722. The summed E-state index contributed by atoms with van der Waals surface area (Å²) in [6.07, 6.45) is 3.35. The highest BCUT2D eigenvalue weighted by atomic mass is 32.1. The van der Waals surface area contributed by atoms with Crippen LogP contribution in [0.4, 0.5) is 0 Å². The Morgan fingerprint density at radius 3 is 3.20 bits per heavy atom. The average Bonchev–Trinajstić information content (AvgIpc) is 2.60. The third-order valence-corrected chi connectivity index (χ3v) is 3.95. The third kappa shape index (κ3) is 2.07. The van der Waals surface area contributed by atoms with E-state index in [1.54, 1.807) is 11.3 Å². The van der Waals surface area contributed by atoms with Crippen LogP contribution in [0.25, 0.3) is 0 Å². The standard InChI is InChI=1S/C12H16O2S/c1-3-14-12(13)10-7-15-11-6-8(2)4-5-9(10)11/h7-8H,3-6H2,1-2H3. The van der Waals surface area contributed by atoms with Crippen LogP contribution in [0.2, 0.25) is 0 Å². The molecule has 0 saturated heterocycles. The number of esters is 1. The summed E-state index contributed by atoms with van der Waals surface area (Å²) in [6, 6.07) is 0. The number of fused-ring (bicyclic) bond motifs is 1. The number of rotatable bonds is 2. The Labute approximate surface area is 94.3 Å². The van der Waals surface area contributed by atoms with Crippen molar-refractivity contribution in [2.45, 2.75) is 33.1 Å². The van der Waals surface area contributed by atoms with Crippen molar-refractivity contribution in [2.75, 3.05) is 6.61 Å². The smallest absolute Gasteiger partial charge is 0.339 e. The molecule has 0 aromatic carbocycles. The lowest BCUT2D eigenvalue weighted by molar-refractivity contribution is 0.0525. The first-order chi connectivity index (χ1) is 7.22. The fourth-order valence-electron chi connectivity index (χ4n) is 2.06. The van der Waals surface area contributed by atoms with Crippen LogP contribution in [0.15, 0.2) is 5.38 Å². The van der Waals surface area contributed by atoms with Crippen LogP contribution in [0.1, 0.15) is 41.1 Å². The van der Waals surface area contributed by atoms with Crippen LogP contribution < -0.4 is 0 Å². The van der Waals surface area contributed by atoms with Crippen LogP contribution >= 0.6 is 11.3 Å². The van der Waals surface area contributed by atoms with Gasteiger partial charge in [-0.2, -0.15) is 0 Å². The maximum absolute atomic E-state index is 11.6. The largest absolute Gasteiger partial charge is 0.462 e. The minimum Gasteiger partial charge on any atom is -0.462 e. The predicted octanol–water partition coefficient (Wildman–Crippen LogP) is 3.05. The molecule has 2 rings (SSSR count). The van der Waals surface area contributed by atoms with E-state index < -0.39 is 0 Å². The minimum atomic E-state index is -0.149. The van der Waals surface area contributed by atoms with Crippen LogP contribution in [-0.2, 0) is 17.6 Å². The second kappa shape index (κ2) is 4.35. The van der Waals surface area contributed by atoms with Gasteiger partial charge in [0.25, 0.3) is 0 Å². The van der Waals surface area contributed by atoms with Gasteiger partial charge in [-0.25, -0.2) is 4.79 Å². The zero-order valence-electron chi connectivity index (χ0n) is 9.21. The molecule has 1 aliphatic rings. The molecule has 1 unspecified atom stereocenters. The van der Waals surface area contributed by atoms with E-state index in [0.29, 0.717) is 6.61 Å². The first-order valence-corrected chi connectivity index (χ1v) is 6.36. The van der Waals surface area contributed by atoms with Gasteiger partial charge >= 0.3 is 5.97 Å². The molecule has 1 aliphatic carbocycles. The van der Waals surface area contributed by atoms with E-state index in [9.17, 15) is 4.79 Å². The summed E-state index contributed by atoms with van der Waals surface area (Å²) in [5, 5.41) is 1.96. The minimum absolute atomic E-state index is 0.149. The Morgan fingerprint density at radius 1 is 1.67 bits per heavy atom. The van der Waals surface area contributed by atoms with Crippen molar-refractivity contribution in [1.29, 1.82) is 0 Å². The van der Waals surface area contributed by atoms with Gasteiger partial charge in [-0.05, 0) is 37.7 Å². The van der Waals surface area contributed by atoms with E-state index in [-0.39, 0.29) is 5.97 Å². The summed E-state index contributed by atoms with van der Waals surface area (Å²) >= 11 is 1.71. The lowest BCUT2D eigenvalue weighted by Crippen LogP contribution is -2.13. The molecule has 15 heavy (non-hydrogen) atoms. The molecule has 1 aromatic heterocycles. The highest BCUT2D eigenvalue weighted by Gasteiger charge is 2.23. The van der Waals surface area contributed by atoms with Gasteiger partial charge in [0.15, 0.2) is 0 Å². The molecule has 0 fully saturated rings. The van der Waals surface area contributed by atoms with E-state index in [1.165, 1.54) is 16.9 Å². The zero-order valence-corrected chi connectivity index (χ0v) is 10.0. The fraction of sp³-hybridized carbons (Fsp3) is 0.583. The molecule has 82 valence electrons. The lowest BCUT2D eigenvalue weighted by atomic mass is 9.88. The SMILES string of the molecule is CCOC(=O)c1csc2c1CCC(C)C2. The van der Waals surface area contributed by atoms with Crippen molar-refractivity contribution in [2.24, 2.45) is 5.92 Å². The average molecular weight is 224 g/mol. The molecule has 0 aliphatic heterocycles. The van der Waals surface area contributed by atoms with Crippen LogP contribution in [-0.4, -0.2) is 12.6 Å². The van der Waals surface area contributed by atoms with E-state index in [1.807, 2.05) is 12.3 Å². The van der Waals surface area contributed by atoms with Gasteiger partial charge in [-0.3, -0.25) is 0 Å². The second-order valence-corrected chi connectivity index (χ2v) is 5.08. The van der Waals surface area contributed by atoms with Gasteiger partial charge in [-0.15, -0.1) is 11.3 Å². The first kappa shape index (κ1) is 10.7. The van der Waals surface area contributed by atoms with Gasteiger partial charge in [0.1, 0.15) is 0 Å².